The molecule has 32 heavy (non-hydrogen) atoms. The minimum atomic E-state index is -0.712. The summed E-state index contributed by atoms with van der Waals surface area (Å²) in [6, 6.07) is -0.712. The van der Waals surface area contributed by atoms with E-state index in [1.807, 2.05) is 13.8 Å². The summed E-state index contributed by atoms with van der Waals surface area (Å²) in [5.41, 5.74) is 12.7. The van der Waals surface area contributed by atoms with Crippen LogP contribution in [0.1, 0.15) is 46.5 Å². The van der Waals surface area contributed by atoms with Crippen molar-refractivity contribution in [1.82, 2.24) is 19.5 Å². The second-order valence-electron chi connectivity index (χ2n) is 8.16. The Morgan fingerprint density at radius 1 is 1.16 bits per heavy atom. The first-order chi connectivity index (χ1) is 15.2. The second kappa shape index (κ2) is 12.1. The van der Waals surface area contributed by atoms with Crippen LogP contribution in [-0.4, -0.2) is 56.5 Å². The molecule has 2 aromatic heterocycles. The number of nitrogen functional groups attached to an aromatic ring is 1. The minimum absolute atomic E-state index is 0.0382. The molecule has 11 heteroatoms. The molecule has 11 nitrogen and oxygen atoms in total. The van der Waals surface area contributed by atoms with Crippen molar-refractivity contribution in [2.24, 2.45) is 17.6 Å². The maximum absolute atomic E-state index is 12.2. The van der Waals surface area contributed by atoms with Gasteiger partial charge in [-0.15, -0.1) is 0 Å². The van der Waals surface area contributed by atoms with Crippen LogP contribution in [0.4, 0.5) is 5.95 Å². The normalized spacial score (nSPS) is 13.2. The number of rotatable bonds is 13. The fraction of sp³-hybridized carbons (Fsp3) is 0.619. The molecule has 0 aromatic carbocycles. The molecule has 2 heterocycles. The molecule has 176 valence electrons. The number of carbonyl (C=O) groups excluding carboxylic acids is 3. The number of Topliss-reactive ketones (excluding diaryl/α,β-unsaturated/α-hetero) is 1. The average molecular weight is 449 g/mol. The molecule has 0 spiro atoms. The van der Waals surface area contributed by atoms with Gasteiger partial charge in [-0.3, -0.25) is 9.59 Å². The molecule has 0 saturated carbocycles. The third kappa shape index (κ3) is 7.88. The molecule has 0 aliphatic heterocycles. The molecule has 0 fully saturated rings. The van der Waals surface area contributed by atoms with Crippen LogP contribution >= 0.6 is 0 Å². The SMILES string of the molecule is CC(=O)CCCC(=O)OCCC(COC(=O)[C@@H](N)C(C)C)Cn1cnc2cnc(N)nc21. The van der Waals surface area contributed by atoms with Gasteiger partial charge in [0.25, 0.3) is 0 Å². The Balaban J connectivity index is 1.99. The van der Waals surface area contributed by atoms with Crippen molar-refractivity contribution >= 4 is 34.8 Å². The predicted molar refractivity (Wildman–Crippen MR) is 117 cm³/mol. The highest BCUT2D eigenvalue weighted by Gasteiger charge is 2.22. The van der Waals surface area contributed by atoms with Crippen molar-refractivity contribution in [3.05, 3.63) is 12.5 Å². The van der Waals surface area contributed by atoms with Gasteiger partial charge in [0.1, 0.15) is 17.3 Å². The molecule has 0 aliphatic carbocycles. The van der Waals surface area contributed by atoms with Gasteiger partial charge in [-0.05, 0) is 25.7 Å². The second-order valence-corrected chi connectivity index (χ2v) is 8.16. The van der Waals surface area contributed by atoms with Crippen molar-refractivity contribution < 1.29 is 23.9 Å². The molecule has 1 unspecified atom stereocenters. The number of carbonyl (C=O) groups is 3. The Morgan fingerprint density at radius 2 is 1.91 bits per heavy atom. The smallest absolute Gasteiger partial charge is 0.323 e. The van der Waals surface area contributed by atoms with Gasteiger partial charge in [-0.25, -0.2) is 9.97 Å². The molecule has 0 bridgehead atoms. The number of ether oxygens (including phenoxy) is 2. The first-order valence-electron chi connectivity index (χ1n) is 10.7. The molecule has 2 aromatic rings. The van der Waals surface area contributed by atoms with Crippen LogP contribution in [0.25, 0.3) is 11.2 Å². The number of imidazole rings is 1. The summed E-state index contributed by atoms with van der Waals surface area (Å²) in [6.07, 6.45) is 4.59. The van der Waals surface area contributed by atoms with Crippen LogP contribution in [0.3, 0.4) is 0 Å². The summed E-state index contributed by atoms with van der Waals surface area (Å²) in [5.74, 6) is -0.905. The lowest BCUT2D eigenvalue weighted by Gasteiger charge is -2.20. The average Bonchev–Trinajstić information content (AvgIpc) is 3.12. The van der Waals surface area contributed by atoms with Crippen LogP contribution in [-0.2, 0) is 30.4 Å². The Bertz CT molecular complexity index is 929. The largest absolute Gasteiger partial charge is 0.466 e. The molecular weight excluding hydrogens is 416 g/mol. The van der Waals surface area contributed by atoms with Gasteiger partial charge < -0.3 is 30.3 Å². The van der Waals surface area contributed by atoms with Crippen molar-refractivity contribution in [2.45, 2.75) is 59.0 Å². The number of hydrogen-bond acceptors (Lipinski definition) is 10. The van der Waals surface area contributed by atoms with Gasteiger partial charge in [0.2, 0.25) is 5.95 Å². The minimum Gasteiger partial charge on any atom is -0.466 e. The third-order valence-corrected chi connectivity index (χ3v) is 4.98. The zero-order valence-corrected chi connectivity index (χ0v) is 18.8. The molecule has 0 radical (unpaired) electrons. The molecule has 4 N–H and O–H groups in total. The first-order valence-corrected chi connectivity index (χ1v) is 10.7. The molecular formula is C21H32N6O5. The number of nitrogens with two attached hydrogens (primary N) is 2. The highest BCUT2D eigenvalue weighted by atomic mass is 16.5. The summed E-state index contributed by atoms with van der Waals surface area (Å²) in [6.45, 7) is 5.84. The Hall–Kier alpha value is -3.08. The van der Waals surface area contributed by atoms with Crippen LogP contribution in [0.5, 0.6) is 0 Å². The van der Waals surface area contributed by atoms with E-state index >= 15 is 0 Å². The highest BCUT2D eigenvalue weighted by Crippen LogP contribution is 2.16. The zero-order valence-electron chi connectivity index (χ0n) is 18.8. The number of ketones is 1. The third-order valence-electron chi connectivity index (χ3n) is 4.98. The number of anilines is 1. The van der Waals surface area contributed by atoms with E-state index in [1.54, 1.807) is 10.9 Å². The molecule has 0 amide bonds. The number of nitrogens with zero attached hydrogens (tertiary/aromatic N) is 4. The summed E-state index contributed by atoms with van der Waals surface area (Å²) in [5, 5.41) is 0. The van der Waals surface area contributed by atoms with Gasteiger partial charge in [-0.1, -0.05) is 13.8 Å². The quantitative estimate of drug-likeness (QED) is 0.426. The van der Waals surface area contributed by atoms with Crippen LogP contribution in [0.2, 0.25) is 0 Å². The van der Waals surface area contributed by atoms with E-state index in [4.69, 9.17) is 20.9 Å². The van der Waals surface area contributed by atoms with Gasteiger partial charge in [0, 0.05) is 25.3 Å². The highest BCUT2D eigenvalue weighted by molar-refractivity contribution is 5.76. The van der Waals surface area contributed by atoms with E-state index < -0.39 is 12.0 Å². The van der Waals surface area contributed by atoms with Gasteiger partial charge in [0.05, 0.1) is 25.7 Å². The van der Waals surface area contributed by atoms with E-state index in [1.165, 1.54) is 13.1 Å². The molecule has 0 aliphatic rings. The molecule has 2 atom stereocenters. The maximum atomic E-state index is 12.2. The fourth-order valence-electron chi connectivity index (χ4n) is 2.97. The Morgan fingerprint density at radius 3 is 2.59 bits per heavy atom. The van der Waals surface area contributed by atoms with Crippen LogP contribution < -0.4 is 11.5 Å². The lowest BCUT2D eigenvalue weighted by Crippen LogP contribution is -2.38. The summed E-state index contributed by atoms with van der Waals surface area (Å²) in [7, 11) is 0. The predicted octanol–water partition coefficient (Wildman–Crippen LogP) is 1.24. The van der Waals surface area contributed by atoms with Gasteiger partial charge in [0.15, 0.2) is 5.65 Å². The van der Waals surface area contributed by atoms with E-state index in [0.29, 0.717) is 37.0 Å². The topological polar surface area (TPSA) is 165 Å². The maximum Gasteiger partial charge on any atom is 0.323 e. The van der Waals surface area contributed by atoms with Crippen molar-refractivity contribution in [2.75, 3.05) is 18.9 Å². The van der Waals surface area contributed by atoms with E-state index in [9.17, 15) is 14.4 Å². The molecule has 2 rings (SSSR count). The number of hydrogen-bond donors (Lipinski definition) is 2. The number of esters is 2. The molecule has 0 saturated heterocycles. The standard InChI is InChI=1S/C21H32N6O5/c1-13(2)18(22)20(30)32-11-15(7-8-31-17(29)6-4-5-14(3)28)10-27-12-25-16-9-24-21(23)26-19(16)27/h9,12-13,15,18H,4-8,10-11,22H2,1-3H3,(H2,23,24,26)/t15?,18-/m0/s1. The Labute approximate surface area is 186 Å². The zero-order chi connectivity index (χ0) is 23.7. The van der Waals surface area contributed by atoms with Gasteiger partial charge in [-0.2, -0.15) is 4.98 Å². The summed E-state index contributed by atoms with van der Waals surface area (Å²) in [4.78, 5) is 47.5. The first kappa shape index (κ1) is 25.2. The van der Waals surface area contributed by atoms with E-state index in [0.717, 1.165) is 0 Å². The van der Waals surface area contributed by atoms with Crippen molar-refractivity contribution in [1.29, 1.82) is 0 Å². The monoisotopic (exact) mass is 448 g/mol. The lowest BCUT2D eigenvalue weighted by molar-refractivity contribution is -0.149. The van der Waals surface area contributed by atoms with E-state index in [2.05, 4.69) is 15.0 Å². The van der Waals surface area contributed by atoms with Crippen molar-refractivity contribution in [3.63, 3.8) is 0 Å². The van der Waals surface area contributed by atoms with Crippen molar-refractivity contribution in [3.8, 4) is 0 Å². The Kier molecular flexibility index (Phi) is 9.51. The lowest BCUT2D eigenvalue weighted by atomic mass is 10.1. The van der Waals surface area contributed by atoms with Crippen LogP contribution in [0.15, 0.2) is 12.5 Å². The number of fused-ring (bicyclic) bond motifs is 1. The number of aromatic nitrogens is 4. The summed E-state index contributed by atoms with van der Waals surface area (Å²) >= 11 is 0. The summed E-state index contributed by atoms with van der Waals surface area (Å²) < 4.78 is 12.5. The van der Waals surface area contributed by atoms with E-state index in [-0.39, 0.29) is 49.2 Å². The van der Waals surface area contributed by atoms with Crippen LogP contribution in [0, 0.1) is 11.8 Å². The van der Waals surface area contributed by atoms with Gasteiger partial charge >= 0.3 is 11.9 Å². The fourth-order valence-corrected chi connectivity index (χ4v) is 2.97.